The summed E-state index contributed by atoms with van der Waals surface area (Å²) >= 11 is 0. The van der Waals surface area contributed by atoms with E-state index in [9.17, 15) is 14.4 Å². The highest BCUT2D eigenvalue weighted by Gasteiger charge is 2.13. The van der Waals surface area contributed by atoms with Crippen LogP contribution in [0, 0.1) is 0 Å². The van der Waals surface area contributed by atoms with E-state index in [1.54, 1.807) is 0 Å². The smallest absolute Gasteiger partial charge is 0.396 e. The maximum Gasteiger partial charge on any atom is 0.396 e. The summed E-state index contributed by atoms with van der Waals surface area (Å²) in [6.07, 6.45) is 0. The van der Waals surface area contributed by atoms with Gasteiger partial charge in [0.25, 0.3) is 0 Å². The molecule has 0 heterocycles. The van der Waals surface area contributed by atoms with Gasteiger partial charge in [-0.25, -0.2) is 9.59 Å². The quantitative estimate of drug-likeness (QED) is 0.601. The first kappa shape index (κ1) is 12.7. The SMILES string of the molecule is COC(=O)C(=O)Nc1ccc(C(=O)OC)cc1. The van der Waals surface area contributed by atoms with Crippen molar-refractivity contribution in [2.45, 2.75) is 0 Å². The van der Waals surface area contributed by atoms with Gasteiger partial charge < -0.3 is 14.8 Å². The summed E-state index contributed by atoms with van der Waals surface area (Å²) in [6, 6.07) is 5.90. The molecule has 1 aromatic rings. The number of carbonyl (C=O) groups is 3. The lowest BCUT2D eigenvalue weighted by Crippen LogP contribution is -2.23. The molecule has 6 nitrogen and oxygen atoms in total. The van der Waals surface area contributed by atoms with E-state index >= 15 is 0 Å². The Morgan fingerprint density at radius 2 is 1.59 bits per heavy atom. The van der Waals surface area contributed by atoms with Crippen molar-refractivity contribution >= 4 is 23.5 Å². The molecule has 0 atom stereocenters. The Morgan fingerprint density at radius 3 is 2.06 bits per heavy atom. The molecule has 6 heteroatoms. The van der Waals surface area contributed by atoms with Crippen LogP contribution in [0.5, 0.6) is 0 Å². The Kier molecular flexibility index (Phi) is 4.21. The number of benzene rings is 1. The summed E-state index contributed by atoms with van der Waals surface area (Å²) in [4.78, 5) is 33.1. The number of anilines is 1. The summed E-state index contributed by atoms with van der Waals surface area (Å²) in [5.74, 6) is -2.34. The molecule has 90 valence electrons. The zero-order valence-corrected chi connectivity index (χ0v) is 9.35. The normalized spacial score (nSPS) is 9.29. The summed E-state index contributed by atoms with van der Waals surface area (Å²) < 4.78 is 8.75. The fourth-order valence-corrected chi connectivity index (χ4v) is 1.08. The minimum absolute atomic E-state index is 0.351. The van der Waals surface area contributed by atoms with Crippen LogP contribution in [0.25, 0.3) is 0 Å². The number of hydrogen-bond donors (Lipinski definition) is 1. The molecule has 17 heavy (non-hydrogen) atoms. The Labute approximate surface area is 97.5 Å². The molecule has 0 aliphatic rings. The molecule has 1 N–H and O–H groups in total. The van der Waals surface area contributed by atoms with Crippen LogP contribution < -0.4 is 5.32 Å². The third-order valence-electron chi connectivity index (χ3n) is 1.93. The predicted molar refractivity (Wildman–Crippen MR) is 58.4 cm³/mol. The van der Waals surface area contributed by atoms with Gasteiger partial charge >= 0.3 is 17.8 Å². The Morgan fingerprint density at radius 1 is 1.00 bits per heavy atom. The van der Waals surface area contributed by atoms with Crippen molar-refractivity contribution in [1.82, 2.24) is 0 Å². The summed E-state index contributed by atoms with van der Waals surface area (Å²) in [5.41, 5.74) is 0.733. The highest BCUT2D eigenvalue weighted by molar-refractivity contribution is 6.37. The summed E-state index contributed by atoms with van der Waals surface area (Å²) in [6.45, 7) is 0. The molecule has 0 aromatic heterocycles. The van der Waals surface area contributed by atoms with Crippen LogP contribution in [0.4, 0.5) is 5.69 Å². The molecule has 0 fully saturated rings. The second-order valence-electron chi connectivity index (χ2n) is 3.01. The van der Waals surface area contributed by atoms with Crippen LogP contribution in [0.3, 0.4) is 0 Å². The van der Waals surface area contributed by atoms with Gasteiger partial charge in [-0.15, -0.1) is 0 Å². The van der Waals surface area contributed by atoms with Crippen molar-refractivity contribution in [3.8, 4) is 0 Å². The molecule has 0 aliphatic carbocycles. The van der Waals surface area contributed by atoms with Crippen LogP contribution in [-0.4, -0.2) is 32.1 Å². The lowest BCUT2D eigenvalue weighted by atomic mass is 10.2. The second kappa shape index (κ2) is 5.64. The number of methoxy groups -OCH3 is 2. The van der Waals surface area contributed by atoms with Gasteiger partial charge in [0, 0.05) is 5.69 Å². The van der Waals surface area contributed by atoms with Crippen LogP contribution in [0.2, 0.25) is 0 Å². The van der Waals surface area contributed by atoms with Crippen molar-refractivity contribution < 1.29 is 23.9 Å². The lowest BCUT2D eigenvalue weighted by molar-refractivity contribution is -0.150. The van der Waals surface area contributed by atoms with Crippen LogP contribution in [0.15, 0.2) is 24.3 Å². The van der Waals surface area contributed by atoms with E-state index in [1.165, 1.54) is 31.4 Å². The monoisotopic (exact) mass is 237 g/mol. The first-order valence-electron chi connectivity index (χ1n) is 4.66. The van der Waals surface area contributed by atoms with Gasteiger partial charge in [-0.05, 0) is 24.3 Å². The molecule has 1 aromatic carbocycles. The average Bonchev–Trinajstić information content (AvgIpc) is 2.37. The largest absolute Gasteiger partial charge is 0.465 e. The number of carbonyl (C=O) groups excluding carboxylic acids is 3. The maximum absolute atomic E-state index is 11.1. The van der Waals surface area contributed by atoms with E-state index in [1.807, 2.05) is 0 Å². The first-order valence-corrected chi connectivity index (χ1v) is 4.66. The van der Waals surface area contributed by atoms with Crippen molar-refractivity contribution in [1.29, 1.82) is 0 Å². The highest BCUT2D eigenvalue weighted by Crippen LogP contribution is 2.10. The molecule has 0 radical (unpaired) electrons. The van der Waals surface area contributed by atoms with E-state index in [0.717, 1.165) is 7.11 Å². The molecule has 0 saturated heterocycles. The standard InChI is InChI=1S/C11H11NO5/c1-16-10(14)7-3-5-8(6-4-7)12-9(13)11(15)17-2/h3-6H,1-2H3,(H,12,13). The molecule has 0 saturated carbocycles. The first-order chi connectivity index (χ1) is 8.08. The second-order valence-corrected chi connectivity index (χ2v) is 3.01. The van der Waals surface area contributed by atoms with Crippen molar-refractivity contribution in [2.75, 3.05) is 19.5 Å². The molecular weight excluding hydrogens is 226 g/mol. The van der Waals surface area contributed by atoms with E-state index < -0.39 is 17.8 Å². The summed E-state index contributed by atoms with van der Waals surface area (Å²) in [5, 5.41) is 2.31. The van der Waals surface area contributed by atoms with Crippen molar-refractivity contribution in [2.24, 2.45) is 0 Å². The van der Waals surface area contributed by atoms with Gasteiger partial charge in [0.1, 0.15) is 0 Å². The molecule has 0 bridgehead atoms. The van der Waals surface area contributed by atoms with E-state index in [-0.39, 0.29) is 0 Å². The topological polar surface area (TPSA) is 81.7 Å². The van der Waals surface area contributed by atoms with E-state index in [2.05, 4.69) is 14.8 Å². The molecule has 0 aliphatic heterocycles. The number of rotatable bonds is 2. The number of esters is 2. The average molecular weight is 237 g/mol. The molecular formula is C11H11NO5. The summed E-state index contributed by atoms with van der Waals surface area (Å²) in [7, 11) is 2.39. The van der Waals surface area contributed by atoms with Gasteiger partial charge in [-0.1, -0.05) is 0 Å². The minimum Gasteiger partial charge on any atom is -0.465 e. The predicted octanol–water partition coefficient (Wildman–Crippen LogP) is 0.585. The number of hydrogen-bond acceptors (Lipinski definition) is 5. The fourth-order valence-electron chi connectivity index (χ4n) is 1.08. The molecule has 1 amide bonds. The van der Waals surface area contributed by atoms with Gasteiger partial charge in [-0.2, -0.15) is 0 Å². The highest BCUT2D eigenvalue weighted by atomic mass is 16.5. The van der Waals surface area contributed by atoms with Crippen molar-refractivity contribution in [3.63, 3.8) is 0 Å². The van der Waals surface area contributed by atoms with Crippen molar-refractivity contribution in [3.05, 3.63) is 29.8 Å². The van der Waals surface area contributed by atoms with Gasteiger partial charge in [0.15, 0.2) is 0 Å². The molecule has 0 unspecified atom stereocenters. The third-order valence-corrected chi connectivity index (χ3v) is 1.93. The Hall–Kier alpha value is -2.37. The lowest BCUT2D eigenvalue weighted by Gasteiger charge is -2.04. The van der Waals surface area contributed by atoms with E-state index in [0.29, 0.717) is 11.3 Å². The Balaban J connectivity index is 2.72. The number of ether oxygens (including phenoxy) is 2. The maximum atomic E-state index is 11.1. The third kappa shape index (κ3) is 3.30. The molecule has 1 rings (SSSR count). The van der Waals surface area contributed by atoms with Gasteiger partial charge in [0.2, 0.25) is 0 Å². The van der Waals surface area contributed by atoms with Crippen LogP contribution >= 0.6 is 0 Å². The zero-order chi connectivity index (χ0) is 12.8. The van der Waals surface area contributed by atoms with Crippen LogP contribution in [0.1, 0.15) is 10.4 Å². The Bertz CT molecular complexity index is 438. The van der Waals surface area contributed by atoms with Gasteiger partial charge in [-0.3, -0.25) is 4.79 Å². The number of amides is 1. The minimum atomic E-state index is -0.984. The fraction of sp³-hybridized carbons (Fsp3) is 0.182. The van der Waals surface area contributed by atoms with Crippen LogP contribution in [-0.2, 0) is 19.1 Å². The number of nitrogens with one attached hydrogen (secondary N) is 1. The molecule has 0 spiro atoms. The zero-order valence-electron chi connectivity index (χ0n) is 9.35. The van der Waals surface area contributed by atoms with E-state index in [4.69, 9.17) is 0 Å². The van der Waals surface area contributed by atoms with Gasteiger partial charge in [0.05, 0.1) is 19.8 Å².